The van der Waals surface area contributed by atoms with Crippen molar-refractivity contribution in [2.75, 3.05) is 12.4 Å². The zero-order chi connectivity index (χ0) is 27.9. The van der Waals surface area contributed by atoms with Crippen molar-refractivity contribution in [3.8, 4) is 17.0 Å². The molecule has 200 valence electrons. The lowest BCUT2D eigenvalue weighted by Gasteiger charge is -2.11. The molecule has 3 aromatic carbocycles. The molecule has 0 aliphatic heterocycles. The molecule has 1 amide bonds. The van der Waals surface area contributed by atoms with Gasteiger partial charge in [-0.25, -0.2) is 9.50 Å². The van der Waals surface area contributed by atoms with Gasteiger partial charge in [0.15, 0.2) is 22.9 Å². The van der Waals surface area contributed by atoms with Crippen LogP contribution in [-0.4, -0.2) is 37.4 Å². The molecule has 11 heteroatoms. The number of anilines is 1. The summed E-state index contributed by atoms with van der Waals surface area (Å²) >= 11 is 0. The number of carbonyl (C=O) groups is 1. The topological polar surface area (TPSA) is 86.3 Å². The van der Waals surface area contributed by atoms with E-state index in [9.17, 15) is 18.0 Å². The van der Waals surface area contributed by atoms with Gasteiger partial charge in [0.05, 0.1) is 19.3 Å². The molecule has 0 unspecified atom stereocenters. The Bertz CT molecular complexity index is 1850. The maximum Gasteiger partial charge on any atom is 0.433 e. The van der Waals surface area contributed by atoms with E-state index in [2.05, 4.69) is 20.5 Å². The minimum atomic E-state index is -4.73. The lowest BCUT2D eigenvalue weighted by Crippen LogP contribution is -2.16. The number of aromatic nitrogens is 5. The van der Waals surface area contributed by atoms with Gasteiger partial charge in [0.2, 0.25) is 0 Å². The monoisotopic (exact) mass is 542 g/mol. The van der Waals surface area contributed by atoms with Crippen molar-refractivity contribution in [1.29, 1.82) is 0 Å². The predicted octanol–water partition coefficient (Wildman–Crippen LogP) is 6.07. The second-order valence-electron chi connectivity index (χ2n) is 9.04. The fourth-order valence-corrected chi connectivity index (χ4v) is 4.50. The average Bonchev–Trinajstić information content (AvgIpc) is 3.59. The molecular formula is C29H21F3N6O2. The largest absolute Gasteiger partial charge is 0.497 e. The summed E-state index contributed by atoms with van der Waals surface area (Å²) in [6.07, 6.45) is -3.02. The van der Waals surface area contributed by atoms with Crippen LogP contribution in [0.1, 0.15) is 21.7 Å². The molecule has 0 fully saturated rings. The Kier molecular flexibility index (Phi) is 6.18. The van der Waals surface area contributed by atoms with Crippen LogP contribution < -0.4 is 10.1 Å². The van der Waals surface area contributed by atoms with E-state index in [1.165, 1.54) is 13.2 Å². The molecule has 0 radical (unpaired) electrons. The van der Waals surface area contributed by atoms with Gasteiger partial charge in [-0.1, -0.05) is 42.5 Å². The van der Waals surface area contributed by atoms with Gasteiger partial charge in [-0.2, -0.15) is 23.4 Å². The Morgan fingerprint density at radius 2 is 1.73 bits per heavy atom. The van der Waals surface area contributed by atoms with Crippen molar-refractivity contribution in [1.82, 2.24) is 24.4 Å². The van der Waals surface area contributed by atoms with Gasteiger partial charge >= 0.3 is 6.18 Å². The summed E-state index contributed by atoms with van der Waals surface area (Å²) in [5.74, 6) is 0.0917. The van der Waals surface area contributed by atoms with E-state index >= 15 is 0 Å². The number of hydrogen-bond donors (Lipinski definition) is 1. The SMILES string of the molecule is COc1ccc(-c2cc(C(F)(F)F)n3nc(C(=O)Nc4ccn(Cc5cccc6ccccc56)n4)cc3n2)cc1. The lowest BCUT2D eigenvalue weighted by atomic mass is 10.0. The summed E-state index contributed by atoms with van der Waals surface area (Å²) in [6.45, 7) is 0.471. The van der Waals surface area contributed by atoms with E-state index < -0.39 is 17.8 Å². The minimum Gasteiger partial charge on any atom is -0.497 e. The van der Waals surface area contributed by atoms with Crippen LogP contribution in [0.2, 0.25) is 0 Å². The lowest BCUT2D eigenvalue weighted by molar-refractivity contribution is -0.142. The molecule has 6 rings (SSSR count). The van der Waals surface area contributed by atoms with Gasteiger partial charge in [0.1, 0.15) is 5.75 Å². The number of nitrogens with one attached hydrogen (secondary N) is 1. The summed E-state index contributed by atoms with van der Waals surface area (Å²) in [7, 11) is 1.50. The smallest absolute Gasteiger partial charge is 0.433 e. The average molecular weight is 543 g/mol. The second-order valence-corrected chi connectivity index (χ2v) is 9.04. The number of methoxy groups -OCH3 is 1. The second kappa shape index (κ2) is 9.84. The zero-order valence-electron chi connectivity index (χ0n) is 21.1. The molecule has 0 bridgehead atoms. The molecule has 0 saturated carbocycles. The maximum absolute atomic E-state index is 13.9. The number of nitrogens with zero attached hydrogens (tertiary/aromatic N) is 5. The van der Waals surface area contributed by atoms with Gasteiger partial charge in [-0.05, 0) is 46.7 Å². The third-order valence-corrected chi connectivity index (χ3v) is 6.43. The van der Waals surface area contributed by atoms with E-state index in [1.807, 2.05) is 42.5 Å². The maximum atomic E-state index is 13.9. The molecule has 0 atom stereocenters. The Morgan fingerprint density at radius 3 is 2.50 bits per heavy atom. The first kappa shape index (κ1) is 25.1. The molecule has 6 aromatic rings. The third kappa shape index (κ3) is 4.84. The van der Waals surface area contributed by atoms with Gasteiger partial charge in [0, 0.05) is 23.9 Å². The van der Waals surface area contributed by atoms with Crippen LogP contribution in [0.25, 0.3) is 27.7 Å². The molecule has 0 aliphatic rings. The van der Waals surface area contributed by atoms with Gasteiger partial charge in [0.25, 0.3) is 5.91 Å². The minimum absolute atomic E-state index is 0.0847. The van der Waals surface area contributed by atoms with E-state index in [1.54, 1.807) is 41.2 Å². The van der Waals surface area contributed by atoms with Crippen LogP contribution in [0.3, 0.4) is 0 Å². The quantitative estimate of drug-likeness (QED) is 0.276. The standard InChI is InChI=1S/C29H21F3N6O2/c1-40-21-11-9-19(10-12-21)23-15-25(29(30,31)32)38-27(33-23)16-24(35-38)28(39)34-26-13-14-37(36-26)17-20-7-4-6-18-5-2-3-8-22(18)20/h2-16H,17H2,1H3,(H,34,36,39). The summed E-state index contributed by atoms with van der Waals surface area (Å²) in [4.78, 5) is 17.3. The van der Waals surface area contributed by atoms with E-state index in [4.69, 9.17) is 4.74 Å². The van der Waals surface area contributed by atoms with Crippen molar-refractivity contribution >= 4 is 28.1 Å². The van der Waals surface area contributed by atoms with Crippen molar-refractivity contribution in [3.05, 3.63) is 108 Å². The summed E-state index contributed by atoms with van der Waals surface area (Å²) in [5, 5.41) is 13.1. The predicted molar refractivity (Wildman–Crippen MR) is 143 cm³/mol. The van der Waals surface area contributed by atoms with Crippen molar-refractivity contribution in [3.63, 3.8) is 0 Å². The first-order valence-corrected chi connectivity index (χ1v) is 12.2. The number of carbonyl (C=O) groups excluding carboxylic acids is 1. The Hall–Kier alpha value is -5.19. The highest BCUT2D eigenvalue weighted by Crippen LogP contribution is 2.33. The van der Waals surface area contributed by atoms with Crippen molar-refractivity contribution in [2.45, 2.75) is 12.7 Å². The molecule has 8 nitrogen and oxygen atoms in total. The summed E-state index contributed by atoms with van der Waals surface area (Å²) < 4.78 is 49.3. The van der Waals surface area contributed by atoms with E-state index in [0.717, 1.165) is 22.4 Å². The fourth-order valence-electron chi connectivity index (χ4n) is 4.50. The first-order chi connectivity index (χ1) is 19.3. The molecule has 1 N–H and O–H groups in total. The molecular weight excluding hydrogens is 521 g/mol. The van der Waals surface area contributed by atoms with Crippen molar-refractivity contribution in [2.24, 2.45) is 0 Å². The number of hydrogen-bond acceptors (Lipinski definition) is 5. The molecule has 3 aromatic heterocycles. The van der Waals surface area contributed by atoms with E-state index in [0.29, 0.717) is 22.4 Å². The number of benzene rings is 3. The van der Waals surface area contributed by atoms with Crippen LogP contribution >= 0.6 is 0 Å². The number of alkyl halides is 3. The third-order valence-electron chi connectivity index (χ3n) is 6.43. The number of amides is 1. The summed E-state index contributed by atoms with van der Waals surface area (Å²) in [6, 6.07) is 24.2. The Balaban J connectivity index is 1.27. The van der Waals surface area contributed by atoms with Gasteiger partial charge in [-0.15, -0.1) is 0 Å². The van der Waals surface area contributed by atoms with Crippen LogP contribution in [0, 0.1) is 0 Å². The molecule has 3 heterocycles. The van der Waals surface area contributed by atoms with Crippen LogP contribution in [0.15, 0.2) is 91.1 Å². The fraction of sp³-hybridized carbons (Fsp3) is 0.103. The van der Waals surface area contributed by atoms with Gasteiger partial charge in [-0.3, -0.25) is 9.48 Å². The van der Waals surface area contributed by atoms with E-state index in [-0.39, 0.29) is 22.9 Å². The number of rotatable bonds is 6. The molecule has 40 heavy (non-hydrogen) atoms. The number of fused-ring (bicyclic) bond motifs is 2. The zero-order valence-corrected chi connectivity index (χ0v) is 21.1. The van der Waals surface area contributed by atoms with Crippen LogP contribution in [-0.2, 0) is 12.7 Å². The molecule has 0 saturated heterocycles. The van der Waals surface area contributed by atoms with Crippen molar-refractivity contribution < 1.29 is 22.7 Å². The van der Waals surface area contributed by atoms with Crippen LogP contribution in [0.5, 0.6) is 5.75 Å². The molecule has 0 spiro atoms. The molecule has 0 aliphatic carbocycles. The highest BCUT2D eigenvalue weighted by Gasteiger charge is 2.35. The number of ether oxygens (including phenoxy) is 1. The van der Waals surface area contributed by atoms with Crippen LogP contribution in [0.4, 0.5) is 19.0 Å². The van der Waals surface area contributed by atoms with Gasteiger partial charge < -0.3 is 10.1 Å². The number of halogens is 3. The first-order valence-electron chi connectivity index (χ1n) is 12.2. The normalized spacial score (nSPS) is 11.7. The highest BCUT2D eigenvalue weighted by atomic mass is 19.4. The summed E-state index contributed by atoms with van der Waals surface area (Å²) in [5.41, 5.74) is 0.194. The Labute approximate surface area is 225 Å². The highest BCUT2D eigenvalue weighted by molar-refractivity contribution is 6.03. The Morgan fingerprint density at radius 1 is 0.950 bits per heavy atom.